The van der Waals surface area contributed by atoms with Crippen LogP contribution < -0.4 is 0 Å². The average molecular weight is 125 g/mol. The highest BCUT2D eigenvalue weighted by Crippen LogP contribution is 2.01. The van der Waals surface area contributed by atoms with Crippen LogP contribution in [-0.2, 0) is 13.0 Å². The number of H-pyrrole nitrogens is 1. The summed E-state index contributed by atoms with van der Waals surface area (Å²) in [7, 11) is 0. The van der Waals surface area contributed by atoms with Gasteiger partial charge in [0.25, 0.3) is 0 Å². The van der Waals surface area contributed by atoms with E-state index in [4.69, 9.17) is 5.11 Å². The molecule has 1 aromatic rings. The van der Waals surface area contributed by atoms with Crippen molar-refractivity contribution >= 4 is 0 Å². The van der Waals surface area contributed by atoms with Crippen molar-refractivity contribution in [3.63, 3.8) is 0 Å². The number of aliphatic hydroxyl groups is 1. The van der Waals surface area contributed by atoms with Crippen LogP contribution >= 0.6 is 0 Å². The van der Waals surface area contributed by atoms with Gasteiger partial charge in [-0.05, 0) is 18.6 Å². The number of aryl methyl sites for hydroxylation is 1. The molecule has 50 valence electrons. The zero-order valence-electron chi connectivity index (χ0n) is 5.52. The third-order valence-corrected chi connectivity index (χ3v) is 1.36. The van der Waals surface area contributed by atoms with Gasteiger partial charge in [0, 0.05) is 11.4 Å². The Labute approximate surface area is 54.5 Å². The Bertz CT molecular complexity index is 162. The number of rotatable bonds is 2. The van der Waals surface area contributed by atoms with Crippen LogP contribution in [0.2, 0.25) is 0 Å². The van der Waals surface area contributed by atoms with Crippen molar-refractivity contribution in [2.75, 3.05) is 0 Å². The van der Waals surface area contributed by atoms with Crippen LogP contribution in [0.15, 0.2) is 12.1 Å². The lowest BCUT2D eigenvalue weighted by atomic mass is 10.3. The van der Waals surface area contributed by atoms with Gasteiger partial charge in [-0.1, -0.05) is 6.92 Å². The molecule has 2 nitrogen and oxygen atoms in total. The predicted molar refractivity (Wildman–Crippen MR) is 36.1 cm³/mol. The Morgan fingerprint density at radius 1 is 1.44 bits per heavy atom. The highest BCUT2D eigenvalue weighted by molar-refractivity contribution is 5.11. The predicted octanol–water partition coefficient (Wildman–Crippen LogP) is 1.07. The Morgan fingerprint density at radius 2 is 2.11 bits per heavy atom. The molecule has 2 heteroatoms. The largest absolute Gasteiger partial charge is 0.390 e. The maximum atomic E-state index is 8.62. The molecule has 1 rings (SSSR count). The van der Waals surface area contributed by atoms with Gasteiger partial charge in [0.2, 0.25) is 0 Å². The summed E-state index contributed by atoms with van der Waals surface area (Å²) in [6, 6.07) is 3.89. The average Bonchev–Trinajstić information content (AvgIpc) is 2.34. The third kappa shape index (κ3) is 1.33. The van der Waals surface area contributed by atoms with E-state index in [2.05, 4.69) is 11.9 Å². The molecule has 0 unspecified atom stereocenters. The molecule has 0 spiro atoms. The fourth-order valence-corrected chi connectivity index (χ4v) is 0.789. The molecule has 0 aromatic carbocycles. The van der Waals surface area contributed by atoms with Crippen LogP contribution in [0.25, 0.3) is 0 Å². The molecule has 2 N–H and O–H groups in total. The summed E-state index contributed by atoms with van der Waals surface area (Å²) in [5.74, 6) is 0. The Hall–Kier alpha value is -0.760. The summed E-state index contributed by atoms with van der Waals surface area (Å²) in [5.41, 5.74) is 2.07. The van der Waals surface area contributed by atoms with Gasteiger partial charge in [-0.15, -0.1) is 0 Å². The Morgan fingerprint density at radius 3 is 2.44 bits per heavy atom. The SMILES string of the molecule is CCc1ccc(CO)[nH]1. The first-order valence-corrected chi connectivity index (χ1v) is 3.14. The van der Waals surface area contributed by atoms with Crippen LogP contribution in [0.4, 0.5) is 0 Å². The lowest BCUT2D eigenvalue weighted by molar-refractivity contribution is 0.277. The molecule has 1 aromatic heterocycles. The minimum Gasteiger partial charge on any atom is -0.390 e. The van der Waals surface area contributed by atoms with E-state index in [9.17, 15) is 0 Å². The van der Waals surface area contributed by atoms with Gasteiger partial charge in [0.15, 0.2) is 0 Å². The molecule has 0 radical (unpaired) electrons. The summed E-state index contributed by atoms with van der Waals surface area (Å²) in [4.78, 5) is 3.06. The van der Waals surface area contributed by atoms with Crippen molar-refractivity contribution in [2.24, 2.45) is 0 Å². The Kier molecular flexibility index (Phi) is 1.90. The van der Waals surface area contributed by atoms with Gasteiger partial charge in [-0.25, -0.2) is 0 Å². The van der Waals surface area contributed by atoms with Crippen LogP contribution in [-0.4, -0.2) is 10.1 Å². The molecular formula is C7H11NO. The standard InChI is InChI=1S/C7H11NO/c1-2-6-3-4-7(5-9)8-6/h3-4,8-9H,2,5H2,1H3. The fraction of sp³-hybridized carbons (Fsp3) is 0.429. The van der Waals surface area contributed by atoms with Crippen LogP contribution in [0, 0.1) is 0 Å². The molecule has 0 saturated carbocycles. The number of aliphatic hydroxyl groups excluding tert-OH is 1. The summed E-state index contributed by atoms with van der Waals surface area (Å²) in [6.45, 7) is 2.19. The van der Waals surface area contributed by atoms with Gasteiger partial charge in [0.05, 0.1) is 6.61 Å². The molecule has 0 bridgehead atoms. The molecule has 0 aliphatic rings. The lowest BCUT2D eigenvalue weighted by Crippen LogP contribution is -1.83. The van der Waals surface area contributed by atoms with Gasteiger partial charge >= 0.3 is 0 Å². The van der Waals surface area contributed by atoms with Crippen LogP contribution in [0.1, 0.15) is 18.3 Å². The van der Waals surface area contributed by atoms with Crippen molar-refractivity contribution in [1.29, 1.82) is 0 Å². The van der Waals surface area contributed by atoms with E-state index in [0.29, 0.717) is 0 Å². The van der Waals surface area contributed by atoms with Crippen molar-refractivity contribution in [2.45, 2.75) is 20.0 Å². The summed E-state index contributed by atoms with van der Waals surface area (Å²) < 4.78 is 0. The maximum absolute atomic E-state index is 8.62. The van der Waals surface area contributed by atoms with Crippen molar-refractivity contribution in [3.05, 3.63) is 23.5 Å². The third-order valence-electron chi connectivity index (χ3n) is 1.36. The number of aromatic amines is 1. The molecule has 0 aliphatic carbocycles. The molecule has 0 aliphatic heterocycles. The van der Waals surface area contributed by atoms with E-state index in [-0.39, 0.29) is 6.61 Å². The smallest absolute Gasteiger partial charge is 0.0830 e. The molecule has 1 heterocycles. The van der Waals surface area contributed by atoms with Gasteiger partial charge in [-0.3, -0.25) is 0 Å². The lowest BCUT2D eigenvalue weighted by Gasteiger charge is -1.87. The fourth-order valence-electron chi connectivity index (χ4n) is 0.789. The number of aromatic nitrogens is 1. The Balaban J connectivity index is 2.74. The zero-order valence-corrected chi connectivity index (χ0v) is 5.52. The first-order chi connectivity index (χ1) is 4.36. The maximum Gasteiger partial charge on any atom is 0.0830 e. The van der Waals surface area contributed by atoms with Crippen molar-refractivity contribution in [1.82, 2.24) is 4.98 Å². The first kappa shape index (κ1) is 6.36. The van der Waals surface area contributed by atoms with Crippen molar-refractivity contribution in [3.8, 4) is 0 Å². The van der Waals surface area contributed by atoms with E-state index in [1.165, 1.54) is 5.69 Å². The molecule has 0 amide bonds. The second kappa shape index (κ2) is 2.69. The number of nitrogens with one attached hydrogen (secondary N) is 1. The molecule has 0 saturated heterocycles. The van der Waals surface area contributed by atoms with E-state index >= 15 is 0 Å². The monoisotopic (exact) mass is 125 g/mol. The first-order valence-electron chi connectivity index (χ1n) is 3.14. The number of hydrogen-bond donors (Lipinski definition) is 2. The van der Waals surface area contributed by atoms with Crippen LogP contribution in [0.3, 0.4) is 0 Å². The molecule has 0 fully saturated rings. The highest BCUT2D eigenvalue weighted by atomic mass is 16.3. The second-order valence-corrected chi connectivity index (χ2v) is 2.02. The van der Waals surface area contributed by atoms with Gasteiger partial charge in [0.1, 0.15) is 0 Å². The topological polar surface area (TPSA) is 36.0 Å². The van der Waals surface area contributed by atoms with E-state index in [1.54, 1.807) is 0 Å². The minimum absolute atomic E-state index is 0.111. The summed E-state index contributed by atoms with van der Waals surface area (Å²) >= 11 is 0. The van der Waals surface area contributed by atoms with E-state index < -0.39 is 0 Å². The summed E-state index contributed by atoms with van der Waals surface area (Å²) in [5, 5.41) is 8.62. The minimum atomic E-state index is 0.111. The van der Waals surface area contributed by atoms with Crippen LogP contribution in [0.5, 0.6) is 0 Å². The van der Waals surface area contributed by atoms with E-state index in [0.717, 1.165) is 12.1 Å². The van der Waals surface area contributed by atoms with Gasteiger partial charge in [-0.2, -0.15) is 0 Å². The van der Waals surface area contributed by atoms with E-state index in [1.807, 2.05) is 12.1 Å². The molecular weight excluding hydrogens is 114 g/mol. The zero-order chi connectivity index (χ0) is 6.69. The second-order valence-electron chi connectivity index (χ2n) is 2.02. The normalized spacial score (nSPS) is 10.0. The quantitative estimate of drug-likeness (QED) is 0.609. The highest BCUT2D eigenvalue weighted by Gasteiger charge is 1.92. The molecule has 9 heavy (non-hydrogen) atoms. The number of hydrogen-bond acceptors (Lipinski definition) is 1. The van der Waals surface area contributed by atoms with Gasteiger partial charge < -0.3 is 10.1 Å². The summed E-state index contributed by atoms with van der Waals surface area (Å²) in [6.07, 6.45) is 1.00. The van der Waals surface area contributed by atoms with Crippen molar-refractivity contribution < 1.29 is 5.11 Å². The molecule has 0 atom stereocenters.